The molecule has 0 amide bonds. The molecular formula is C17H19N3S2. The summed E-state index contributed by atoms with van der Waals surface area (Å²) in [5.41, 5.74) is 4.59. The number of nitrogens with zero attached hydrogens (tertiary/aromatic N) is 2. The van der Waals surface area contributed by atoms with E-state index < -0.39 is 0 Å². The molecule has 22 heavy (non-hydrogen) atoms. The SMILES string of the molecule is CCC(S)c1ccnc(SCc2nc3ccccc3[nH]2)c1C. The summed E-state index contributed by atoms with van der Waals surface area (Å²) >= 11 is 6.37. The van der Waals surface area contributed by atoms with Crippen LogP contribution in [0.25, 0.3) is 11.0 Å². The summed E-state index contributed by atoms with van der Waals surface area (Å²) in [5.74, 6) is 1.77. The molecule has 1 N–H and O–H groups in total. The Morgan fingerprint density at radius 2 is 2.09 bits per heavy atom. The van der Waals surface area contributed by atoms with Gasteiger partial charge in [-0.1, -0.05) is 30.8 Å². The van der Waals surface area contributed by atoms with Gasteiger partial charge < -0.3 is 4.98 Å². The number of rotatable bonds is 5. The number of thioether (sulfide) groups is 1. The van der Waals surface area contributed by atoms with Crippen molar-refractivity contribution in [3.8, 4) is 0 Å². The summed E-state index contributed by atoms with van der Waals surface area (Å²) in [6.45, 7) is 4.28. The van der Waals surface area contributed by atoms with Crippen LogP contribution in [-0.4, -0.2) is 15.0 Å². The van der Waals surface area contributed by atoms with E-state index in [2.05, 4.69) is 47.5 Å². The maximum Gasteiger partial charge on any atom is 0.117 e. The van der Waals surface area contributed by atoms with Crippen LogP contribution in [0.5, 0.6) is 0 Å². The van der Waals surface area contributed by atoms with Gasteiger partial charge in [0.2, 0.25) is 0 Å². The smallest absolute Gasteiger partial charge is 0.117 e. The Balaban J connectivity index is 1.78. The lowest BCUT2D eigenvalue weighted by atomic mass is 10.1. The van der Waals surface area contributed by atoms with Crippen LogP contribution in [0, 0.1) is 6.92 Å². The number of fused-ring (bicyclic) bond motifs is 1. The van der Waals surface area contributed by atoms with Crippen molar-refractivity contribution in [3.63, 3.8) is 0 Å². The zero-order valence-corrected chi connectivity index (χ0v) is 14.4. The van der Waals surface area contributed by atoms with Crippen molar-refractivity contribution in [3.05, 3.63) is 53.5 Å². The number of imidazole rings is 1. The Bertz CT molecular complexity index is 749. The lowest BCUT2D eigenvalue weighted by molar-refractivity contribution is 0.873. The van der Waals surface area contributed by atoms with E-state index in [0.29, 0.717) is 0 Å². The maximum absolute atomic E-state index is 4.65. The first kappa shape index (κ1) is 15.4. The van der Waals surface area contributed by atoms with Gasteiger partial charge >= 0.3 is 0 Å². The van der Waals surface area contributed by atoms with Crippen molar-refractivity contribution in [1.82, 2.24) is 15.0 Å². The van der Waals surface area contributed by atoms with E-state index in [1.165, 1.54) is 11.1 Å². The molecule has 2 heterocycles. The Hall–Kier alpha value is -1.46. The molecule has 0 saturated carbocycles. The van der Waals surface area contributed by atoms with Gasteiger partial charge in [-0.2, -0.15) is 12.6 Å². The molecule has 0 aliphatic carbocycles. The molecule has 1 atom stereocenters. The van der Waals surface area contributed by atoms with E-state index in [4.69, 9.17) is 0 Å². The van der Waals surface area contributed by atoms with Crippen LogP contribution in [0.1, 0.15) is 35.5 Å². The molecule has 0 radical (unpaired) electrons. The summed E-state index contributed by atoms with van der Waals surface area (Å²) in [4.78, 5) is 12.5. The number of benzene rings is 1. The average Bonchev–Trinajstić information content (AvgIpc) is 2.96. The van der Waals surface area contributed by atoms with Crippen LogP contribution in [-0.2, 0) is 5.75 Å². The highest BCUT2D eigenvalue weighted by Crippen LogP contribution is 2.32. The van der Waals surface area contributed by atoms with E-state index in [9.17, 15) is 0 Å². The summed E-state index contributed by atoms with van der Waals surface area (Å²) < 4.78 is 0. The predicted octanol–water partition coefficient (Wildman–Crippen LogP) is 4.94. The number of hydrogen-bond donors (Lipinski definition) is 2. The third-order valence-corrected chi connectivity index (χ3v) is 5.48. The molecule has 2 aromatic heterocycles. The minimum Gasteiger partial charge on any atom is -0.341 e. The summed E-state index contributed by atoms with van der Waals surface area (Å²) in [5, 5.41) is 1.33. The first-order chi connectivity index (χ1) is 10.7. The summed E-state index contributed by atoms with van der Waals surface area (Å²) in [7, 11) is 0. The molecule has 3 nitrogen and oxygen atoms in total. The highest BCUT2D eigenvalue weighted by Gasteiger charge is 2.12. The molecule has 1 aromatic carbocycles. The summed E-state index contributed by atoms with van der Waals surface area (Å²) in [6.07, 6.45) is 2.89. The van der Waals surface area contributed by atoms with Crippen molar-refractivity contribution < 1.29 is 0 Å². The molecule has 3 rings (SSSR count). The molecule has 114 valence electrons. The Labute approximate surface area is 140 Å². The standard InChI is InChI=1S/C17H19N3S2/c1-3-15(21)12-8-9-18-17(11(12)2)22-10-16-19-13-6-4-5-7-14(13)20-16/h4-9,15,21H,3,10H2,1-2H3,(H,19,20). The third kappa shape index (κ3) is 3.15. The topological polar surface area (TPSA) is 41.6 Å². The Morgan fingerprint density at radius 1 is 1.27 bits per heavy atom. The van der Waals surface area contributed by atoms with Gasteiger partial charge in [-0.3, -0.25) is 0 Å². The first-order valence-electron chi connectivity index (χ1n) is 7.39. The second-order valence-electron chi connectivity index (χ2n) is 5.24. The highest BCUT2D eigenvalue weighted by molar-refractivity contribution is 7.98. The fraction of sp³-hybridized carbons (Fsp3) is 0.294. The number of para-hydroxylation sites is 2. The van der Waals surface area contributed by atoms with Gasteiger partial charge in [-0.25, -0.2) is 9.97 Å². The fourth-order valence-corrected chi connectivity index (χ4v) is 3.63. The van der Waals surface area contributed by atoms with Gasteiger partial charge in [0.1, 0.15) is 5.82 Å². The highest BCUT2D eigenvalue weighted by atomic mass is 32.2. The molecule has 1 unspecified atom stereocenters. The molecular weight excluding hydrogens is 310 g/mol. The zero-order valence-electron chi connectivity index (χ0n) is 12.7. The molecule has 0 bridgehead atoms. The van der Waals surface area contributed by atoms with Crippen molar-refractivity contribution >= 4 is 35.4 Å². The molecule has 0 aliphatic rings. The van der Waals surface area contributed by atoms with E-state index in [0.717, 1.165) is 34.1 Å². The molecule has 0 aliphatic heterocycles. The minimum absolute atomic E-state index is 0.272. The Morgan fingerprint density at radius 3 is 2.86 bits per heavy atom. The molecule has 0 fully saturated rings. The normalized spacial score (nSPS) is 12.7. The van der Waals surface area contributed by atoms with Crippen molar-refractivity contribution in [2.24, 2.45) is 0 Å². The monoisotopic (exact) mass is 329 g/mol. The number of aromatic amines is 1. The van der Waals surface area contributed by atoms with Crippen LogP contribution < -0.4 is 0 Å². The number of nitrogens with one attached hydrogen (secondary N) is 1. The van der Waals surface area contributed by atoms with Crippen LogP contribution >= 0.6 is 24.4 Å². The van der Waals surface area contributed by atoms with E-state index in [1.54, 1.807) is 11.8 Å². The second-order valence-corrected chi connectivity index (χ2v) is 6.83. The molecule has 0 saturated heterocycles. The first-order valence-corrected chi connectivity index (χ1v) is 8.89. The van der Waals surface area contributed by atoms with Crippen molar-refractivity contribution in [2.75, 3.05) is 0 Å². The van der Waals surface area contributed by atoms with E-state index in [1.807, 2.05) is 30.5 Å². The minimum atomic E-state index is 0.272. The number of H-pyrrole nitrogens is 1. The van der Waals surface area contributed by atoms with Gasteiger partial charge in [-0.15, -0.1) is 0 Å². The van der Waals surface area contributed by atoms with Crippen molar-refractivity contribution in [1.29, 1.82) is 0 Å². The van der Waals surface area contributed by atoms with Gasteiger partial charge in [0.15, 0.2) is 0 Å². The average molecular weight is 329 g/mol. The molecule has 0 spiro atoms. The van der Waals surface area contributed by atoms with Crippen LogP contribution in [0.15, 0.2) is 41.6 Å². The van der Waals surface area contributed by atoms with Crippen LogP contribution in [0.3, 0.4) is 0 Å². The number of hydrogen-bond acceptors (Lipinski definition) is 4. The van der Waals surface area contributed by atoms with Gasteiger partial charge in [0, 0.05) is 11.4 Å². The number of aromatic nitrogens is 3. The van der Waals surface area contributed by atoms with Crippen molar-refractivity contribution in [2.45, 2.75) is 36.3 Å². The second kappa shape index (κ2) is 6.75. The number of thiol groups is 1. The zero-order chi connectivity index (χ0) is 15.5. The predicted molar refractivity (Wildman–Crippen MR) is 96.6 cm³/mol. The quantitative estimate of drug-likeness (QED) is 0.514. The van der Waals surface area contributed by atoms with Gasteiger partial charge in [-0.05, 0) is 42.7 Å². The maximum atomic E-state index is 4.65. The van der Waals surface area contributed by atoms with Gasteiger partial charge in [0.25, 0.3) is 0 Å². The lowest BCUT2D eigenvalue weighted by Crippen LogP contribution is -1.97. The number of pyridine rings is 1. The molecule has 5 heteroatoms. The largest absolute Gasteiger partial charge is 0.341 e. The third-order valence-electron chi connectivity index (χ3n) is 3.73. The van der Waals surface area contributed by atoms with Crippen LogP contribution in [0.4, 0.5) is 0 Å². The van der Waals surface area contributed by atoms with Gasteiger partial charge in [0.05, 0.1) is 21.8 Å². The van der Waals surface area contributed by atoms with E-state index in [-0.39, 0.29) is 5.25 Å². The lowest BCUT2D eigenvalue weighted by Gasteiger charge is -2.13. The molecule has 3 aromatic rings. The summed E-state index contributed by atoms with van der Waals surface area (Å²) in [6, 6.07) is 10.2. The van der Waals surface area contributed by atoms with Crippen LogP contribution in [0.2, 0.25) is 0 Å². The fourth-order valence-electron chi connectivity index (χ4n) is 2.47. The van der Waals surface area contributed by atoms with E-state index >= 15 is 0 Å². The Kier molecular flexibility index (Phi) is 4.74.